The van der Waals surface area contributed by atoms with Crippen molar-refractivity contribution in [2.45, 2.75) is 39.2 Å². The highest BCUT2D eigenvalue weighted by atomic mass is 16.5. The van der Waals surface area contributed by atoms with Crippen LogP contribution in [-0.2, 0) is 10.2 Å². The van der Waals surface area contributed by atoms with Crippen molar-refractivity contribution >= 4 is 0 Å². The Morgan fingerprint density at radius 1 is 1.21 bits per heavy atom. The number of hydrogen-bond acceptors (Lipinski definition) is 3. The summed E-state index contributed by atoms with van der Waals surface area (Å²) in [6.07, 6.45) is 0. The first-order valence-electron chi connectivity index (χ1n) is 6.93. The van der Waals surface area contributed by atoms with Gasteiger partial charge in [-0.15, -0.1) is 0 Å². The molecule has 0 spiro atoms. The lowest BCUT2D eigenvalue weighted by molar-refractivity contribution is 0.137. The highest BCUT2D eigenvalue weighted by Crippen LogP contribution is 2.25. The van der Waals surface area contributed by atoms with Gasteiger partial charge in [-0.25, -0.2) is 0 Å². The second-order valence-electron chi connectivity index (χ2n) is 5.80. The molecule has 0 aliphatic carbocycles. The second-order valence-corrected chi connectivity index (χ2v) is 5.80. The van der Waals surface area contributed by atoms with E-state index in [1.807, 2.05) is 6.07 Å². The van der Waals surface area contributed by atoms with Crippen LogP contribution in [0.25, 0.3) is 0 Å². The molecular formula is C16H27NO2. The summed E-state index contributed by atoms with van der Waals surface area (Å²) in [6.45, 7) is 10.9. The SMILES string of the molecule is CCNC(COC)COc1cccc(C(C)(C)C)c1. The first kappa shape index (κ1) is 16.0. The average molecular weight is 265 g/mol. The summed E-state index contributed by atoms with van der Waals surface area (Å²) >= 11 is 0. The van der Waals surface area contributed by atoms with Crippen LogP contribution in [0.3, 0.4) is 0 Å². The molecule has 1 unspecified atom stereocenters. The molecule has 108 valence electrons. The van der Waals surface area contributed by atoms with Gasteiger partial charge < -0.3 is 14.8 Å². The number of benzene rings is 1. The smallest absolute Gasteiger partial charge is 0.119 e. The monoisotopic (exact) mass is 265 g/mol. The van der Waals surface area contributed by atoms with Crippen LogP contribution in [0.1, 0.15) is 33.3 Å². The van der Waals surface area contributed by atoms with Crippen LogP contribution >= 0.6 is 0 Å². The van der Waals surface area contributed by atoms with Crippen LogP contribution in [0, 0.1) is 0 Å². The Kier molecular flexibility index (Phi) is 6.32. The van der Waals surface area contributed by atoms with Crippen LogP contribution < -0.4 is 10.1 Å². The van der Waals surface area contributed by atoms with E-state index >= 15 is 0 Å². The lowest BCUT2D eigenvalue weighted by atomic mass is 9.87. The zero-order valence-electron chi connectivity index (χ0n) is 12.8. The summed E-state index contributed by atoms with van der Waals surface area (Å²) in [5, 5.41) is 3.35. The molecule has 0 fully saturated rings. The molecule has 0 saturated heterocycles. The zero-order chi connectivity index (χ0) is 14.3. The molecule has 0 heterocycles. The summed E-state index contributed by atoms with van der Waals surface area (Å²) in [7, 11) is 1.71. The number of likely N-dealkylation sites (N-methyl/N-ethyl adjacent to an activating group) is 1. The Balaban J connectivity index is 2.61. The van der Waals surface area contributed by atoms with E-state index < -0.39 is 0 Å². The Morgan fingerprint density at radius 2 is 1.95 bits per heavy atom. The fourth-order valence-electron chi connectivity index (χ4n) is 1.91. The van der Waals surface area contributed by atoms with Crippen LogP contribution in [0.2, 0.25) is 0 Å². The van der Waals surface area contributed by atoms with Crippen LogP contribution in [0.4, 0.5) is 0 Å². The Morgan fingerprint density at radius 3 is 2.53 bits per heavy atom. The highest BCUT2D eigenvalue weighted by Gasteiger charge is 2.14. The van der Waals surface area contributed by atoms with Crippen molar-refractivity contribution in [3.8, 4) is 5.75 Å². The zero-order valence-corrected chi connectivity index (χ0v) is 12.8. The van der Waals surface area contributed by atoms with Gasteiger partial charge in [0.05, 0.1) is 12.6 Å². The molecule has 0 aliphatic rings. The van der Waals surface area contributed by atoms with Crippen molar-refractivity contribution in [3.63, 3.8) is 0 Å². The van der Waals surface area contributed by atoms with Gasteiger partial charge in [0.25, 0.3) is 0 Å². The van der Waals surface area contributed by atoms with Crippen molar-refractivity contribution in [3.05, 3.63) is 29.8 Å². The molecule has 3 nitrogen and oxygen atoms in total. The third-order valence-corrected chi connectivity index (χ3v) is 3.01. The van der Waals surface area contributed by atoms with Crippen molar-refractivity contribution in [2.24, 2.45) is 0 Å². The minimum atomic E-state index is 0.146. The van der Waals surface area contributed by atoms with Gasteiger partial charge in [-0.1, -0.05) is 39.8 Å². The molecule has 1 rings (SSSR count). The third kappa shape index (κ3) is 5.62. The molecule has 0 saturated carbocycles. The maximum Gasteiger partial charge on any atom is 0.119 e. The van der Waals surface area contributed by atoms with Crippen LogP contribution in [-0.4, -0.2) is 32.9 Å². The highest BCUT2D eigenvalue weighted by molar-refractivity contribution is 5.32. The summed E-state index contributed by atoms with van der Waals surface area (Å²) in [5.74, 6) is 0.923. The molecule has 0 aliphatic heterocycles. The van der Waals surface area contributed by atoms with E-state index in [2.05, 4.69) is 51.2 Å². The van der Waals surface area contributed by atoms with Crippen LogP contribution in [0.15, 0.2) is 24.3 Å². The standard InChI is InChI=1S/C16H27NO2/c1-6-17-14(11-18-5)12-19-15-9-7-8-13(10-15)16(2,3)4/h7-10,14,17H,6,11-12H2,1-5H3. The van der Waals surface area contributed by atoms with Gasteiger partial charge in [0.15, 0.2) is 0 Å². The molecule has 1 N–H and O–H groups in total. The first-order valence-corrected chi connectivity index (χ1v) is 6.93. The van der Waals surface area contributed by atoms with Crippen molar-refractivity contribution in [1.29, 1.82) is 0 Å². The Bertz CT molecular complexity index is 365. The molecule has 0 radical (unpaired) electrons. The van der Waals surface area contributed by atoms with E-state index in [9.17, 15) is 0 Å². The largest absolute Gasteiger partial charge is 0.492 e. The molecular weight excluding hydrogens is 238 g/mol. The van der Waals surface area contributed by atoms with E-state index in [1.165, 1.54) is 5.56 Å². The van der Waals surface area contributed by atoms with Crippen molar-refractivity contribution < 1.29 is 9.47 Å². The van der Waals surface area contributed by atoms with Gasteiger partial charge in [-0.05, 0) is 29.7 Å². The van der Waals surface area contributed by atoms with E-state index in [0.29, 0.717) is 13.2 Å². The first-order chi connectivity index (χ1) is 8.97. The summed E-state index contributed by atoms with van der Waals surface area (Å²) in [6, 6.07) is 8.55. The third-order valence-electron chi connectivity index (χ3n) is 3.01. The van der Waals surface area contributed by atoms with Crippen molar-refractivity contribution in [2.75, 3.05) is 26.9 Å². The molecule has 0 aromatic heterocycles. The number of methoxy groups -OCH3 is 1. The quantitative estimate of drug-likeness (QED) is 0.822. The van der Waals surface area contributed by atoms with Crippen LogP contribution in [0.5, 0.6) is 5.75 Å². The van der Waals surface area contributed by atoms with Gasteiger partial charge in [0.1, 0.15) is 12.4 Å². The number of rotatable bonds is 7. The van der Waals surface area contributed by atoms with Gasteiger partial charge >= 0.3 is 0 Å². The maximum atomic E-state index is 5.87. The fraction of sp³-hybridized carbons (Fsp3) is 0.625. The predicted octanol–water partition coefficient (Wildman–Crippen LogP) is 2.99. The molecule has 1 atom stereocenters. The molecule has 1 aromatic rings. The normalized spacial score (nSPS) is 13.3. The van der Waals surface area contributed by atoms with Gasteiger partial charge in [0.2, 0.25) is 0 Å². The number of ether oxygens (including phenoxy) is 2. The summed E-state index contributed by atoms with van der Waals surface area (Å²) in [4.78, 5) is 0. The van der Waals surface area contributed by atoms with Gasteiger partial charge in [-0.2, -0.15) is 0 Å². The number of hydrogen-bond donors (Lipinski definition) is 1. The van der Waals surface area contributed by atoms with E-state index in [0.717, 1.165) is 12.3 Å². The van der Waals surface area contributed by atoms with E-state index in [1.54, 1.807) is 7.11 Å². The Hall–Kier alpha value is -1.06. The topological polar surface area (TPSA) is 30.5 Å². The molecule has 0 amide bonds. The summed E-state index contributed by atoms with van der Waals surface area (Å²) in [5.41, 5.74) is 1.43. The predicted molar refractivity (Wildman–Crippen MR) is 80.0 cm³/mol. The molecule has 3 heteroatoms. The van der Waals surface area contributed by atoms with E-state index in [4.69, 9.17) is 9.47 Å². The van der Waals surface area contributed by atoms with Crippen molar-refractivity contribution in [1.82, 2.24) is 5.32 Å². The lowest BCUT2D eigenvalue weighted by Gasteiger charge is -2.21. The minimum Gasteiger partial charge on any atom is -0.492 e. The van der Waals surface area contributed by atoms with Gasteiger partial charge in [0, 0.05) is 7.11 Å². The lowest BCUT2D eigenvalue weighted by Crippen LogP contribution is -2.38. The number of nitrogens with one attached hydrogen (secondary N) is 1. The molecule has 0 bridgehead atoms. The molecule has 19 heavy (non-hydrogen) atoms. The average Bonchev–Trinajstić information content (AvgIpc) is 2.36. The second kappa shape index (κ2) is 7.51. The van der Waals surface area contributed by atoms with E-state index in [-0.39, 0.29) is 11.5 Å². The fourth-order valence-corrected chi connectivity index (χ4v) is 1.91. The minimum absolute atomic E-state index is 0.146. The summed E-state index contributed by atoms with van der Waals surface area (Å²) < 4.78 is 11.0. The maximum absolute atomic E-state index is 5.87. The van der Waals surface area contributed by atoms with Gasteiger partial charge in [-0.3, -0.25) is 0 Å². The molecule has 1 aromatic carbocycles. The Labute approximate surface area is 117 Å².